The summed E-state index contributed by atoms with van der Waals surface area (Å²) < 4.78 is 0. The minimum absolute atomic E-state index is 0.0141. The van der Waals surface area contributed by atoms with Crippen LogP contribution in [0.3, 0.4) is 0 Å². The third kappa shape index (κ3) is 4.31. The fraction of sp³-hybridized carbons (Fsp3) is 0.263. The molecule has 1 atom stereocenters. The number of anilines is 1. The van der Waals surface area contributed by atoms with E-state index in [0.29, 0.717) is 24.5 Å². The lowest BCUT2D eigenvalue weighted by Crippen LogP contribution is -2.43. The highest BCUT2D eigenvalue weighted by atomic mass is 35.5. The van der Waals surface area contributed by atoms with E-state index in [0.717, 1.165) is 16.8 Å². The van der Waals surface area contributed by atoms with Crippen molar-refractivity contribution in [2.75, 3.05) is 11.4 Å². The first-order valence-electron chi connectivity index (χ1n) is 8.18. The van der Waals surface area contributed by atoms with Gasteiger partial charge in [-0.1, -0.05) is 47.5 Å². The number of urea groups is 1. The molecule has 1 fully saturated rings. The predicted molar refractivity (Wildman–Crippen MR) is 98.8 cm³/mol. The van der Waals surface area contributed by atoms with Gasteiger partial charge in [0.05, 0.1) is 6.04 Å². The van der Waals surface area contributed by atoms with Gasteiger partial charge in [-0.25, -0.2) is 4.79 Å². The molecule has 0 unspecified atom stereocenters. The van der Waals surface area contributed by atoms with Crippen molar-refractivity contribution in [3.8, 4) is 0 Å². The summed E-state index contributed by atoms with van der Waals surface area (Å²) >= 11 is 6.07. The molecule has 1 aliphatic heterocycles. The maximum Gasteiger partial charge on any atom is 0.315 e. The average Bonchev–Trinajstić information content (AvgIpc) is 2.95. The van der Waals surface area contributed by atoms with Crippen molar-refractivity contribution in [1.29, 1.82) is 0 Å². The molecule has 130 valence electrons. The van der Waals surface area contributed by atoms with Gasteiger partial charge in [-0.2, -0.15) is 0 Å². The number of nitrogens with one attached hydrogen (secondary N) is 2. The maximum absolute atomic E-state index is 12.2. The largest absolute Gasteiger partial charge is 0.334 e. The second-order valence-corrected chi connectivity index (χ2v) is 6.57. The van der Waals surface area contributed by atoms with E-state index in [2.05, 4.69) is 10.6 Å². The summed E-state index contributed by atoms with van der Waals surface area (Å²) in [5, 5.41) is 6.25. The minimum atomic E-state index is -0.302. The van der Waals surface area contributed by atoms with Crippen LogP contribution in [-0.4, -0.2) is 24.5 Å². The molecule has 0 aliphatic carbocycles. The Labute approximate surface area is 152 Å². The molecule has 2 aromatic carbocycles. The zero-order valence-electron chi connectivity index (χ0n) is 14.0. The number of rotatable bonds is 4. The van der Waals surface area contributed by atoms with Crippen LogP contribution in [0.2, 0.25) is 5.02 Å². The summed E-state index contributed by atoms with van der Waals surface area (Å²) in [5.41, 5.74) is 2.85. The second kappa shape index (κ2) is 7.57. The van der Waals surface area contributed by atoms with Gasteiger partial charge in [0.2, 0.25) is 5.91 Å². The Bertz CT molecular complexity index is 776. The van der Waals surface area contributed by atoms with Crippen LogP contribution in [0.1, 0.15) is 17.5 Å². The molecule has 0 bridgehead atoms. The van der Waals surface area contributed by atoms with Gasteiger partial charge in [-0.15, -0.1) is 0 Å². The van der Waals surface area contributed by atoms with Crippen molar-refractivity contribution in [3.05, 3.63) is 64.7 Å². The monoisotopic (exact) mass is 357 g/mol. The Hall–Kier alpha value is -2.53. The van der Waals surface area contributed by atoms with Crippen molar-refractivity contribution >= 4 is 29.2 Å². The number of amides is 3. The quantitative estimate of drug-likeness (QED) is 0.882. The van der Waals surface area contributed by atoms with Gasteiger partial charge in [0.15, 0.2) is 0 Å². The lowest BCUT2D eigenvalue weighted by atomic mass is 10.2. The van der Waals surface area contributed by atoms with E-state index < -0.39 is 0 Å². The number of nitrogens with zero attached hydrogens (tertiary/aromatic N) is 1. The van der Waals surface area contributed by atoms with Gasteiger partial charge in [0.25, 0.3) is 0 Å². The molecule has 0 radical (unpaired) electrons. The number of carbonyl (C=O) groups excluding carboxylic acids is 2. The van der Waals surface area contributed by atoms with E-state index in [1.807, 2.05) is 49.4 Å². The van der Waals surface area contributed by atoms with E-state index in [1.54, 1.807) is 11.0 Å². The molecule has 5 nitrogen and oxygen atoms in total. The zero-order valence-corrected chi connectivity index (χ0v) is 14.7. The summed E-state index contributed by atoms with van der Waals surface area (Å²) in [7, 11) is 0. The van der Waals surface area contributed by atoms with E-state index in [1.165, 1.54) is 0 Å². The van der Waals surface area contributed by atoms with Crippen LogP contribution < -0.4 is 15.5 Å². The average molecular weight is 358 g/mol. The third-order valence-corrected chi connectivity index (χ3v) is 4.57. The molecule has 3 rings (SSSR count). The van der Waals surface area contributed by atoms with E-state index in [-0.39, 0.29) is 18.0 Å². The standard InChI is InChI=1S/C19H20ClN3O2/c1-13-6-8-16(9-7-13)23-12-15(10-18(23)24)22-19(25)21-11-14-4-2-3-5-17(14)20/h2-9,15H,10-12H2,1H3,(H2,21,22,25)/t15-/m0/s1. The summed E-state index contributed by atoms with van der Waals surface area (Å²) in [6, 6.07) is 14.6. The van der Waals surface area contributed by atoms with Crippen molar-refractivity contribution < 1.29 is 9.59 Å². The molecule has 2 aromatic rings. The van der Waals surface area contributed by atoms with Crippen LogP contribution in [0, 0.1) is 6.92 Å². The van der Waals surface area contributed by atoms with Gasteiger partial charge in [0, 0.05) is 30.2 Å². The Balaban J connectivity index is 1.53. The summed E-state index contributed by atoms with van der Waals surface area (Å²) in [4.78, 5) is 26.0. The number of halogens is 1. The number of hydrogen-bond donors (Lipinski definition) is 2. The number of hydrogen-bond acceptors (Lipinski definition) is 2. The lowest BCUT2D eigenvalue weighted by Gasteiger charge is -2.17. The SMILES string of the molecule is Cc1ccc(N2C[C@@H](NC(=O)NCc3ccccc3Cl)CC2=O)cc1. The molecule has 6 heteroatoms. The zero-order chi connectivity index (χ0) is 17.8. The minimum Gasteiger partial charge on any atom is -0.334 e. The highest BCUT2D eigenvalue weighted by molar-refractivity contribution is 6.31. The Morgan fingerprint density at radius 2 is 1.92 bits per heavy atom. The van der Waals surface area contributed by atoms with Crippen molar-refractivity contribution in [2.24, 2.45) is 0 Å². The van der Waals surface area contributed by atoms with Crippen LogP contribution >= 0.6 is 11.6 Å². The van der Waals surface area contributed by atoms with E-state index >= 15 is 0 Å². The normalized spacial score (nSPS) is 16.8. The second-order valence-electron chi connectivity index (χ2n) is 6.16. The molecular formula is C19H20ClN3O2. The van der Waals surface area contributed by atoms with Gasteiger partial charge >= 0.3 is 6.03 Å². The van der Waals surface area contributed by atoms with Crippen LogP contribution in [0.15, 0.2) is 48.5 Å². The smallest absolute Gasteiger partial charge is 0.315 e. The molecule has 25 heavy (non-hydrogen) atoms. The van der Waals surface area contributed by atoms with Crippen LogP contribution in [0.4, 0.5) is 10.5 Å². The summed E-state index contributed by atoms with van der Waals surface area (Å²) in [5.74, 6) is 0.0141. The topological polar surface area (TPSA) is 61.4 Å². The molecule has 3 amide bonds. The third-order valence-electron chi connectivity index (χ3n) is 4.20. The lowest BCUT2D eigenvalue weighted by molar-refractivity contribution is -0.117. The van der Waals surface area contributed by atoms with E-state index in [4.69, 9.17) is 11.6 Å². The van der Waals surface area contributed by atoms with Crippen molar-refractivity contribution in [1.82, 2.24) is 10.6 Å². The van der Waals surface area contributed by atoms with E-state index in [9.17, 15) is 9.59 Å². The Morgan fingerprint density at radius 3 is 2.64 bits per heavy atom. The molecule has 0 aromatic heterocycles. The highest BCUT2D eigenvalue weighted by Gasteiger charge is 2.31. The molecule has 1 heterocycles. The van der Waals surface area contributed by atoms with Crippen LogP contribution in [0.25, 0.3) is 0 Å². The fourth-order valence-corrected chi connectivity index (χ4v) is 3.03. The van der Waals surface area contributed by atoms with Gasteiger partial charge in [0.1, 0.15) is 0 Å². The fourth-order valence-electron chi connectivity index (χ4n) is 2.83. The highest BCUT2D eigenvalue weighted by Crippen LogP contribution is 2.22. The Morgan fingerprint density at radius 1 is 1.20 bits per heavy atom. The molecule has 1 aliphatic rings. The maximum atomic E-state index is 12.2. The predicted octanol–water partition coefficient (Wildman–Crippen LogP) is 3.25. The number of aryl methyl sites for hydroxylation is 1. The van der Waals surface area contributed by atoms with Crippen LogP contribution in [0.5, 0.6) is 0 Å². The van der Waals surface area contributed by atoms with Gasteiger partial charge in [-0.05, 0) is 30.7 Å². The first kappa shape index (κ1) is 17.3. The molecule has 2 N–H and O–H groups in total. The molecular weight excluding hydrogens is 338 g/mol. The van der Waals surface area contributed by atoms with Crippen molar-refractivity contribution in [2.45, 2.75) is 25.9 Å². The Kier molecular flexibility index (Phi) is 5.24. The van der Waals surface area contributed by atoms with Gasteiger partial charge in [-0.3, -0.25) is 4.79 Å². The molecule has 1 saturated heterocycles. The number of benzene rings is 2. The number of carbonyl (C=O) groups is 2. The first-order chi connectivity index (χ1) is 12.0. The van der Waals surface area contributed by atoms with Gasteiger partial charge < -0.3 is 15.5 Å². The summed E-state index contributed by atoms with van der Waals surface area (Å²) in [6.45, 7) is 2.82. The van der Waals surface area contributed by atoms with Crippen LogP contribution in [-0.2, 0) is 11.3 Å². The molecule has 0 spiro atoms. The molecule has 0 saturated carbocycles. The van der Waals surface area contributed by atoms with Crippen molar-refractivity contribution in [3.63, 3.8) is 0 Å². The summed E-state index contributed by atoms with van der Waals surface area (Å²) in [6.07, 6.45) is 0.299. The first-order valence-corrected chi connectivity index (χ1v) is 8.55.